The summed E-state index contributed by atoms with van der Waals surface area (Å²) in [6.45, 7) is 5.01. The molecule has 0 aromatic heterocycles. The molecule has 0 saturated carbocycles. The molecular formula is C18H25N3O3. The van der Waals surface area contributed by atoms with Crippen LogP contribution in [0.5, 0.6) is 5.75 Å². The molecule has 6 heteroatoms. The van der Waals surface area contributed by atoms with E-state index in [9.17, 15) is 9.59 Å². The first-order chi connectivity index (χ1) is 11.7. The lowest BCUT2D eigenvalue weighted by atomic mass is 10.0. The SMILES string of the molecule is CCN1CCC[C@@H]1CNC(=O)COc1ccc2c(c1)CCC(=O)N2. The molecule has 130 valence electrons. The van der Waals surface area contributed by atoms with Gasteiger partial charge in [0.1, 0.15) is 5.75 Å². The number of ether oxygens (including phenoxy) is 1. The molecule has 0 bridgehead atoms. The predicted octanol–water partition coefficient (Wildman–Crippen LogP) is 1.55. The van der Waals surface area contributed by atoms with E-state index in [-0.39, 0.29) is 18.4 Å². The van der Waals surface area contributed by atoms with Crippen LogP contribution in [-0.4, -0.2) is 49.0 Å². The van der Waals surface area contributed by atoms with E-state index in [1.807, 2.05) is 12.1 Å². The van der Waals surface area contributed by atoms with Gasteiger partial charge in [-0.1, -0.05) is 6.92 Å². The topological polar surface area (TPSA) is 70.7 Å². The Morgan fingerprint density at radius 1 is 1.42 bits per heavy atom. The molecule has 2 amide bonds. The van der Waals surface area contributed by atoms with Gasteiger partial charge in [-0.3, -0.25) is 14.5 Å². The summed E-state index contributed by atoms with van der Waals surface area (Å²) in [5.74, 6) is 0.614. The molecule has 1 saturated heterocycles. The van der Waals surface area contributed by atoms with E-state index in [4.69, 9.17) is 4.74 Å². The van der Waals surface area contributed by atoms with E-state index >= 15 is 0 Å². The summed E-state index contributed by atoms with van der Waals surface area (Å²) in [4.78, 5) is 25.7. The highest BCUT2D eigenvalue weighted by Crippen LogP contribution is 2.26. The van der Waals surface area contributed by atoms with Crippen LogP contribution in [0.15, 0.2) is 18.2 Å². The normalized spacial score (nSPS) is 20.4. The number of hydrogen-bond donors (Lipinski definition) is 2. The smallest absolute Gasteiger partial charge is 0.257 e. The molecule has 24 heavy (non-hydrogen) atoms. The average molecular weight is 331 g/mol. The number of likely N-dealkylation sites (N-methyl/N-ethyl adjacent to an activating group) is 1. The third-order valence-electron chi connectivity index (χ3n) is 4.78. The molecule has 2 N–H and O–H groups in total. The summed E-state index contributed by atoms with van der Waals surface area (Å²) in [7, 11) is 0. The van der Waals surface area contributed by atoms with Crippen LogP contribution < -0.4 is 15.4 Å². The van der Waals surface area contributed by atoms with Gasteiger partial charge in [-0.15, -0.1) is 0 Å². The third-order valence-corrected chi connectivity index (χ3v) is 4.78. The molecule has 3 rings (SSSR count). The Hall–Kier alpha value is -2.08. The van der Waals surface area contributed by atoms with E-state index in [2.05, 4.69) is 22.5 Å². The van der Waals surface area contributed by atoms with Gasteiger partial charge in [-0.25, -0.2) is 0 Å². The van der Waals surface area contributed by atoms with Crippen LogP contribution in [0.3, 0.4) is 0 Å². The average Bonchev–Trinajstić information content (AvgIpc) is 3.05. The Bertz CT molecular complexity index is 618. The summed E-state index contributed by atoms with van der Waals surface area (Å²) in [5, 5.41) is 5.80. The van der Waals surface area contributed by atoms with Gasteiger partial charge in [0.05, 0.1) is 0 Å². The number of nitrogens with one attached hydrogen (secondary N) is 2. The number of carbonyl (C=O) groups is 2. The number of benzene rings is 1. The van der Waals surface area contributed by atoms with Gasteiger partial charge in [-0.05, 0) is 56.1 Å². The lowest BCUT2D eigenvalue weighted by Gasteiger charge is -2.23. The number of nitrogens with zero attached hydrogens (tertiary/aromatic N) is 1. The lowest BCUT2D eigenvalue weighted by molar-refractivity contribution is -0.123. The minimum atomic E-state index is -0.0935. The van der Waals surface area contributed by atoms with Crippen LogP contribution in [-0.2, 0) is 16.0 Å². The molecule has 0 unspecified atom stereocenters. The van der Waals surface area contributed by atoms with Crippen molar-refractivity contribution in [3.05, 3.63) is 23.8 Å². The minimum absolute atomic E-state index is 0.0178. The van der Waals surface area contributed by atoms with Crippen LogP contribution >= 0.6 is 0 Å². The molecule has 1 aromatic rings. The maximum absolute atomic E-state index is 12.0. The summed E-state index contributed by atoms with van der Waals surface area (Å²) >= 11 is 0. The van der Waals surface area contributed by atoms with Gasteiger partial charge < -0.3 is 15.4 Å². The van der Waals surface area contributed by atoms with Crippen molar-refractivity contribution in [3.8, 4) is 5.75 Å². The summed E-state index contributed by atoms with van der Waals surface area (Å²) in [5.41, 5.74) is 1.89. The highest BCUT2D eigenvalue weighted by atomic mass is 16.5. The quantitative estimate of drug-likeness (QED) is 0.830. The number of rotatable bonds is 6. The molecule has 0 spiro atoms. The van der Waals surface area contributed by atoms with Crippen molar-refractivity contribution in [3.63, 3.8) is 0 Å². The van der Waals surface area contributed by atoms with Gasteiger partial charge in [0.2, 0.25) is 5.91 Å². The summed E-state index contributed by atoms with van der Waals surface area (Å²) in [6.07, 6.45) is 3.55. The molecule has 6 nitrogen and oxygen atoms in total. The number of aryl methyl sites for hydroxylation is 1. The zero-order valence-corrected chi connectivity index (χ0v) is 14.1. The van der Waals surface area contributed by atoms with Gasteiger partial charge in [-0.2, -0.15) is 0 Å². The Kier molecular flexibility index (Phi) is 5.35. The van der Waals surface area contributed by atoms with Crippen molar-refractivity contribution >= 4 is 17.5 Å². The zero-order valence-electron chi connectivity index (χ0n) is 14.1. The molecule has 2 aliphatic rings. The first kappa shape index (κ1) is 16.8. The number of likely N-dealkylation sites (tertiary alicyclic amines) is 1. The number of hydrogen-bond acceptors (Lipinski definition) is 4. The number of fused-ring (bicyclic) bond motifs is 1. The fourth-order valence-electron chi connectivity index (χ4n) is 3.42. The van der Waals surface area contributed by atoms with E-state index in [0.29, 0.717) is 31.2 Å². The van der Waals surface area contributed by atoms with Crippen molar-refractivity contribution in [1.29, 1.82) is 0 Å². The van der Waals surface area contributed by atoms with Crippen molar-refractivity contribution in [1.82, 2.24) is 10.2 Å². The largest absolute Gasteiger partial charge is 0.484 e. The second kappa shape index (κ2) is 7.66. The highest BCUT2D eigenvalue weighted by molar-refractivity contribution is 5.94. The Labute approximate surface area is 142 Å². The summed E-state index contributed by atoms with van der Waals surface area (Å²) in [6, 6.07) is 5.97. The molecule has 1 atom stereocenters. The highest BCUT2D eigenvalue weighted by Gasteiger charge is 2.23. The molecule has 1 aromatic carbocycles. The second-order valence-corrected chi connectivity index (χ2v) is 6.38. The molecule has 0 radical (unpaired) electrons. The molecular weight excluding hydrogens is 306 g/mol. The second-order valence-electron chi connectivity index (χ2n) is 6.38. The number of carbonyl (C=O) groups excluding carboxylic acids is 2. The van der Waals surface area contributed by atoms with Gasteiger partial charge >= 0.3 is 0 Å². The zero-order chi connectivity index (χ0) is 16.9. The molecule has 2 aliphatic heterocycles. The van der Waals surface area contributed by atoms with E-state index in [0.717, 1.165) is 30.8 Å². The van der Waals surface area contributed by atoms with Crippen LogP contribution in [0.4, 0.5) is 5.69 Å². The van der Waals surface area contributed by atoms with Crippen LogP contribution in [0.25, 0.3) is 0 Å². The first-order valence-electron chi connectivity index (χ1n) is 8.72. The lowest BCUT2D eigenvalue weighted by Crippen LogP contribution is -2.41. The maximum Gasteiger partial charge on any atom is 0.257 e. The molecule has 2 heterocycles. The van der Waals surface area contributed by atoms with Gasteiger partial charge in [0.25, 0.3) is 5.91 Å². The Morgan fingerprint density at radius 2 is 2.29 bits per heavy atom. The standard InChI is InChI=1S/C18H25N3O3/c1-2-21-9-3-4-14(21)11-19-18(23)12-24-15-6-7-16-13(10-15)5-8-17(22)20-16/h6-7,10,14H,2-5,8-9,11-12H2,1H3,(H,19,23)(H,20,22)/t14-/m1/s1. The third kappa shape index (κ3) is 4.06. The van der Waals surface area contributed by atoms with Gasteiger partial charge in [0, 0.05) is 24.7 Å². The first-order valence-corrected chi connectivity index (χ1v) is 8.72. The van der Waals surface area contributed by atoms with Crippen molar-refractivity contribution in [2.75, 3.05) is 31.6 Å². The van der Waals surface area contributed by atoms with E-state index in [1.165, 1.54) is 6.42 Å². The van der Waals surface area contributed by atoms with E-state index in [1.54, 1.807) is 6.07 Å². The maximum atomic E-state index is 12.0. The molecule has 0 aliphatic carbocycles. The fourth-order valence-corrected chi connectivity index (χ4v) is 3.42. The Balaban J connectivity index is 1.45. The fraction of sp³-hybridized carbons (Fsp3) is 0.556. The number of anilines is 1. The van der Waals surface area contributed by atoms with Crippen LogP contribution in [0.1, 0.15) is 31.7 Å². The minimum Gasteiger partial charge on any atom is -0.484 e. The van der Waals surface area contributed by atoms with E-state index < -0.39 is 0 Å². The Morgan fingerprint density at radius 3 is 3.12 bits per heavy atom. The monoisotopic (exact) mass is 331 g/mol. The summed E-state index contributed by atoms with van der Waals surface area (Å²) < 4.78 is 5.59. The predicted molar refractivity (Wildman–Crippen MR) is 92.2 cm³/mol. The molecule has 1 fully saturated rings. The van der Waals surface area contributed by atoms with Crippen molar-refractivity contribution in [2.24, 2.45) is 0 Å². The van der Waals surface area contributed by atoms with Crippen molar-refractivity contribution in [2.45, 2.75) is 38.6 Å². The van der Waals surface area contributed by atoms with Gasteiger partial charge in [0.15, 0.2) is 6.61 Å². The van der Waals surface area contributed by atoms with Crippen LogP contribution in [0.2, 0.25) is 0 Å². The van der Waals surface area contributed by atoms with Crippen LogP contribution in [0, 0.1) is 0 Å². The van der Waals surface area contributed by atoms with Crippen molar-refractivity contribution < 1.29 is 14.3 Å². The number of amides is 2.